The number of ketones is 1. The van der Waals surface area contributed by atoms with Crippen molar-refractivity contribution in [2.24, 2.45) is 7.05 Å². The van der Waals surface area contributed by atoms with Gasteiger partial charge in [-0.2, -0.15) is 0 Å². The number of rotatable bonds is 3. The SMILES string of the molecule is CC(=O)CCc1c(Cl)c(=O)[nH]n1C. The topological polar surface area (TPSA) is 54.9 Å². The lowest BCUT2D eigenvalue weighted by Gasteiger charge is -2.00. The highest BCUT2D eigenvalue weighted by Crippen LogP contribution is 2.11. The van der Waals surface area contributed by atoms with E-state index in [0.29, 0.717) is 18.5 Å². The number of carbonyl (C=O) groups excluding carboxylic acids is 1. The molecule has 1 rings (SSSR count). The highest BCUT2D eigenvalue weighted by Gasteiger charge is 2.10. The van der Waals surface area contributed by atoms with Crippen molar-refractivity contribution in [3.8, 4) is 0 Å². The first-order chi connectivity index (χ1) is 6.02. The number of nitrogens with zero attached hydrogens (tertiary/aromatic N) is 1. The van der Waals surface area contributed by atoms with E-state index < -0.39 is 0 Å². The van der Waals surface area contributed by atoms with Crippen molar-refractivity contribution in [2.45, 2.75) is 19.8 Å². The molecule has 0 spiro atoms. The van der Waals surface area contributed by atoms with Crippen LogP contribution in [0.2, 0.25) is 5.02 Å². The molecule has 0 fully saturated rings. The number of aromatic nitrogens is 2. The predicted octanol–water partition coefficient (Wildman–Crippen LogP) is 0.888. The van der Waals surface area contributed by atoms with Crippen LogP contribution in [-0.4, -0.2) is 15.6 Å². The lowest BCUT2D eigenvalue weighted by atomic mass is 10.2. The van der Waals surface area contributed by atoms with E-state index >= 15 is 0 Å². The molecule has 1 N–H and O–H groups in total. The van der Waals surface area contributed by atoms with Gasteiger partial charge in [-0.05, 0) is 13.3 Å². The smallest absolute Gasteiger partial charge is 0.283 e. The maximum atomic E-state index is 11.0. The minimum absolute atomic E-state index is 0.0877. The molecule has 4 nitrogen and oxygen atoms in total. The van der Waals surface area contributed by atoms with Gasteiger partial charge in [-0.25, -0.2) is 0 Å². The Morgan fingerprint density at radius 3 is 2.62 bits per heavy atom. The Morgan fingerprint density at radius 1 is 1.62 bits per heavy atom. The molecule has 1 aromatic rings. The maximum Gasteiger partial charge on any atom is 0.283 e. The Bertz CT molecular complexity index is 378. The number of aryl methyl sites for hydroxylation is 1. The van der Waals surface area contributed by atoms with Crippen LogP contribution in [0.15, 0.2) is 4.79 Å². The molecule has 0 bridgehead atoms. The second-order valence-electron chi connectivity index (χ2n) is 2.96. The van der Waals surface area contributed by atoms with Gasteiger partial charge < -0.3 is 4.79 Å². The molecule has 0 unspecified atom stereocenters. The van der Waals surface area contributed by atoms with Gasteiger partial charge in [-0.15, -0.1) is 0 Å². The van der Waals surface area contributed by atoms with E-state index in [0.717, 1.165) is 0 Å². The molecule has 0 amide bonds. The summed E-state index contributed by atoms with van der Waals surface area (Å²) in [6, 6.07) is 0. The number of aromatic amines is 1. The Morgan fingerprint density at radius 2 is 2.23 bits per heavy atom. The average Bonchev–Trinajstić information content (AvgIpc) is 2.24. The Labute approximate surface area is 80.5 Å². The largest absolute Gasteiger partial charge is 0.300 e. The minimum atomic E-state index is -0.303. The summed E-state index contributed by atoms with van der Waals surface area (Å²) in [5.74, 6) is 0.0877. The van der Waals surface area contributed by atoms with Crippen LogP contribution >= 0.6 is 11.6 Å². The van der Waals surface area contributed by atoms with Gasteiger partial charge in [0.05, 0.1) is 5.69 Å². The van der Waals surface area contributed by atoms with Gasteiger partial charge in [-0.1, -0.05) is 11.6 Å². The molecule has 0 aliphatic heterocycles. The Kier molecular flexibility index (Phi) is 2.93. The fraction of sp³-hybridized carbons (Fsp3) is 0.500. The van der Waals surface area contributed by atoms with Crippen molar-refractivity contribution in [1.82, 2.24) is 9.78 Å². The summed E-state index contributed by atoms with van der Waals surface area (Å²) in [6.45, 7) is 1.51. The average molecular weight is 203 g/mol. The van der Waals surface area contributed by atoms with E-state index in [-0.39, 0.29) is 16.4 Å². The molecular weight excluding hydrogens is 192 g/mol. The third-order valence-electron chi connectivity index (χ3n) is 1.84. The summed E-state index contributed by atoms with van der Waals surface area (Å²) >= 11 is 5.72. The molecule has 5 heteroatoms. The maximum absolute atomic E-state index is 11.0. The van der Waals surface area contributed by atoms with Crippen LogP contribution < -0.4 is 5.56 Å². The van der Waals surface area contributed by atoms with Crippen LogP contribution in [0.1, 0.15) is 19.0 Å². The van der Waals surface area contributed by atoms with Crippen LogP contribution in [0.4, 0.5) is 0 Å². The number of hydrogen-bond acceptors (Lipinski definition) is 2. The predicted molar refractivity (Wildman–Crippen MR) is 50.0 cm³/mol. The van der Waals surface area contributed by atoms with Crippen LogP contribution in [0.25, 0.3) is 0 Å². The molecule has 0 atom stereocenters. The van der Waals surface area contributed by atoms with Crippen LogP contribution in [0.5, 0.6) is 0 Å². The fourth-order valence-corrected chi connectivity index (χ4v) is 1.38. The first-order valence-electron chi connectivity index (χ1n) is 3.95. The monoisotopic (exact) mass is 202 g/mol. The Hall–Kier alpha value is -1.03. The van der Waals surface area contributed by atoms with Crippen LogP contribution in [0, 0.1) is 0 Å². The molecule has 13 heavy (non-hydrogen) atoms. The van der Waals surface area contributed by atoms with E-state index in [1.165, 1.54) is 6.92 Å². The molecule has 0 aliphatic carbocycles. The van der Waals surface area contributed by atoms with Crippen LogP contribution in [-0.2, 0) is 18.3 Å². The molecule has 0 aliphatic rings. The number of H-pyrrole nitrogens is 1. The normalized spacial score (nSPS) is 10.4. The molecule has 1 heterocycles. The van der Waals surface area contributed by atoms with E-state index in [4.69, 9.17) is 11.6 Å². The highest BCUT2D eigenvalue weighted by molar-refractivity contribution is 6.31. The molecule has 0 saturated heterocycles. The summed E-state index contributed by atoms with van der Waals surface area (Å²) in [5, 5.41) is 2.70. The lowest BCUT2D eigenvalue weighted by molar-refractivity contribution is -0.117. The molecule has 72 valence electrons. The molecule has 0 aromatic carbocycles. The molecule has 0 radical (unpaired) electrons. The van der Waals surface area contributed by atoms with Crippen molar-refractivity contribution in [2.75, 3.05) is 0 Å². The van der Waals surface area contributed by atoms with E-state index in [1.54, 1.807) is 11.7 Å². The number of hydrogen-bond donors (Lipinski definition) is 1. The summed E-state index contributed by atoms with van der Waals surface area (Å²) < 4.78 is 1.55. The summed E-state index contributed by atoms with van der Waals surface area (Å²) in [5.41, 5.74) is 0.379. The first kappa shape index (κ1) is 10.1. The molecule has 1 aromatic heterocycles. The van der Waals surface area contributed by atoms with Gasteiger partial charge >= 0.3 is 0 Å². The van der Waals surface area contributed by atoms with Gasteiger partial charge in [0.1, 0.15) is 10.8 Å². The quantitative estimate of drug-likeness (QED) is 0.792. The van der Waals surface area contributed by atoms with Crippen molar-refractivity contribution in [1.29, 1.82) is 0 Å². The Balaban J connectivity index is 2.88. The number of Topliss-reactive ketones (excluding diaryl/α,β-unsaturated/α-hetero) is 1. The highest BCUT2D eigenvalue weighted by atomic mass is 35.5. The van der Waals surface area contributed by atoms with E-state index in [9.17, 15) is 9.59 Å². The lowest BCUT2D eigenvalue weighted by Crippen LogP contribution is -2.03. The number of carbonyl (C=O) groups is 1. The van der Waals surface area contributed by atoms with Crippen molar-refractivity contribution in [3.63, 3.8) is 0 Å². The van der Waals surface area contributed by atoms with Gasteiger partial charge in [0.15, 0.2) is 0 Å². The third-order valence-corrected chi connectivity index (χ3v) is 2.23. The second-order valence-corrected chi connectivity index (χ2v) is 3.34. The zero-order chi connectivity index (χ0) is 10.0. The third kappa shape index (κ3) is 2.21. The van der Waals surface area contributed by atoms with E-state index in [2.05, 4.69) is 5.10 Å². The van der Waals surface area contributed by atoms with Crippen molar-refractivity contribution >= 4 is 17.4 Å². The standard InChI is InChI=1S/C8H11ClN2O2/c1-5(12)3-4-6-7(9)8(13)10-11(6)2/h3-4H2,1-2H3,(H,10,13). The van der Waals surface area contributed by atoms with Gasteiger partial charge in [0.2, 0.25) is 0 Å². The summed E-state index contributed by atoms with van der Waals surface area (Å²) in [4.78, 5) is 21.7. The first-order valence-corrected chi connectivity index (χ1v) is 4.33. The zero-order valence-electron chi connectivity index (χ0n) is 7.56. The molecule has 0 saturated carbocycles. The molecular formula is C8H11ClN2O2. The van der Waals surface area contributed by atoms with E-state index in [1.807, 2.05) is 0 Å². The fourth-order valence-electron chi connectivity index (χ4n) is 1.12. The minimum Gasteiger partial charge on any atom is -0.300 e. The van der Waals surface area contributed by atoms with Gasteiger partial charge in [0.25, 0.3) is 5.56 Å². The number of nitrogens with one attached hydrogen (secondary N) is 1. The van der Waals surface area contributed by atoms with Crippen molar-refractivity contribution < 1.29 is 4.79 Å². The van der Waals surface area contributed by atoms with Crippen LogP contribution in [0.3, 0.4) is 0 Å². The summed E-state index contributed by atoms with van der Waals surface area (Å²) in [7, 11) is 1.70. The van der Waals surface area contributed by atoms with Crippen molar-refractivity contribution in [3.05, 3.63) is 21.1 Å². The van der Waals surface area contributed by atoms with Gasteiger partial charge in [0, 0.05) is 13.5 Å². The number of halogens is 1. The second kappa shape index (κ2) is 3.79. The van der Waals surface area contributed by atoms with Gasteiger partial charge in [-0.3, -0.25) is 14.6 Å². The zero-order valence-corrected chi connectivity index (χ0v) is 8.31. The summed E-state index contributed by atoms with van der Waals surface area (Å²) in [6.07, 6.45) is 0.911.